The summed E-state index contributed by atoms with van der Waals surface area (Å²) < 4.78 is 5.20. The number of amidine groups is 1. The zero-order chi connectivity index (χ0) is 15.4. The average molecular weight is 413 g/mol. The van der Waals surface area contributed by atoms with Gasteiger partial charge in [0.15, 0.2) is 11.0 Å². The first-order chi connectivity index (χ1) is 10.8. The quantitative estimate of drug-likeness (QED) is 0.692. The molecule has 2 heterocycles. The number of benzene rings is 1. The summed E-state index contributed by atoms with van der Waals surface area (Å²) in [6.07, 6.45) is 0. The van der Waals surface area contributed by atoms with Gasteiger partial charge in [0.05, 0.1) is 25.1 Å². The van der Waals surface area contributed by atoms with Crippen LogP contribution in [0.1, 0.15) is 9.67 Å². The van der Waals surface area contributed by atoms with E-state index in [1.807, 2.05) is 46.7 Å². The number of anilines is 1. The van der Waals surface area contributed by atoms with Crippen molar-refractivity contribution in [2.75, 3.05) is 30.9 Å². The van der Waals surface area contributed by atoms with Crippen LogP contribution in [0.15, 0.2) is 46.8 Å². The monoisotopic (exact) mass is 412 g/mol. The number of ketones is 1. The maximum atomic E-state index is 12.4. The van der Waals surface area contributed by atoms with E-state index in [1.165, 1.54) is 11.3 Å². The Hall–Kier alpha value is -1.31. The fraction of sp³-hybridized carbons (Fsp3) is 0.250. The molecular formula is C16H17BrN2O2S2. The predicted molar refractivity (Wildman–Crippen MR) is 104 cm³/mol. The average Bonchev–Trinajstić information content (AvgIpc) is 3.25. The Morgan fingerprint density at radius 3 is 2.65 bits per heavy atom. The largest absolute Gasteiger partial charge is 0.497 e. The number of aliphatic imine (C=N–C) groups is 1. The highest BCUT2D eigenvalue weighted by molar-refractivity contribution is 8.93. The standard InChI is InChI=1S/C16H16N2O2S2.BrH/c1-20-13-6-4-12(5-7-13)18(16-17-8-10-22-16)11-14(19)15-3-2-9-21-15;/h2-7,9H,8,10-11H2,1H3;1H. The molecule has 0 atom stereocenters. The Bertz CT molecular complexity index is 672. The first kappa shape index (κ1) is 18.0. The lowest BCUT2D eigenvalue weighted by Gasteiger charge is -2.23. The SMILES string of the molecule is Br.COc1ccc(N(CC(=O)c2cccs2)C2=NCCS2)cc1. The van der Waals surface area contributed by atoms with E-state index in [9.17, 15) is 4.79 Å². The number of ether oxygens (including phenoxy) is 1. The van der Waals surface area contributed by atoms with Crippen LogP contribution in [0.25, 0.3) is 0 Å². The molecule has 4 nitrogen and oxygen atoms in total. The Balaban J connectivity index is 0.00000192. The third-order valence-electron chi connectivity index (χ3n) is 3.28. The van der Waals surface area contributed by atoms with Gasteiger partial charge in [-0.15, -0.1) is 28.3 Å². The lowest BCUT2D eigenvalue weighted by molar-refractivity contribution is 0.101. The van der Waals surface area contributed by atoms with Gasteiger partial charge in [-0.3, -0.25) is 9.79 Å². The Labute approximate surface area is 154 Å². The van der Waals surface area contributed by atoms with Crippen LogP contribution >= 0.6 is 40.1 Å². The Morgan fingerprint density at radius 1 is 1.30 bits per heavy atom. The fourth-order valence-electron chi connectivity index (χ4n) is 2.18. The summed E-state index contributed by atoms with van der Waals surface area (Å²) in [4.78, 5) is 19.7. The number of hydrogen-bond donors (Lipinski definition) is 0. The predicted octanol–water partition coefficient (Wildman–Crippen LogP) is 4.13. The van der Waals surface area contributed by atoms with Crippen LogP contribution in [0.3, 0.4) is 0 Å². The molecule has 1 aliphatic heterocycles. The van der Waals surface area contributed by atoms with E-state index in [1.54, 1.807) is 18.9 Å². The summed E-state index contributed by atoms with van der Waals surface area (Å²) in [5, 5.41) is 2.84. The van der Waals surface area contributed by atoms with Crippen molar-refractivity contribution >= 4 is 56.7 Å². The van der Waals surface area contributed by atoms with E-state index in [-0.39, 0.29) is 22.8 Å². The minimum absolute atomic E-state index is 0. The second-order valence-corrected chi connectivity index (χ2v) is 6.71. The zero-order valence-corrected chi connectivity index (χ0v) is 15.9. The van der Waals surface area contributed by atoms with E-state index < -0.39 is 0 Å². The van der Waals surface area contributed by atoms with Gasteiger partial charge in [-0.05, 0) is 35.7 Å². The molecule has 0 amide bonds. The molecule has 0 saturated carbocycles. The molecule has 1 aromatic carbocycles. The molecule has 0 spiro atoms. The van der Waals surface area contributed by atoms with E-state index >= 15 is 0 Å². The van der Waals surface area contributed by atoms with E-state index in [2.05, 4.69) is 4.99 Å². The van der Waals surface area contributed by atoms with Crippen molar-refractivity contribution in [2.24, 2.45) is 4.99 Å². The minimum Gasteiger partial charge on any atom is -0.497 e. The zero-order valence-electron chi connectivity index (χ0n) is 12.6. The fourth-order valence-corrected chi connectivity index (χ4v) is 3.71. The summed E-state index contributed by atoms with van der Waals surface area (Å²) in [5.41, 5.74) is 0.957. The highest BCUT2D eigenvalue weighted by Gasteiger charge is 2.21. The van der Waals surface area contributed by atoms with Crippen LogP contribution in [0, 0.1) is 0 Å². The van der Waals surface area contributed by atoms with Gasteiger partial charge in [0.2, 0.25) is 0 Å². The smallest absolute Gasteiger partial charge is 0.192 e. The van der Waals surface area contributed by atoms with Crippen LogP contribution in [-0.4, -0.2) is 36.9 Å². The van der Waals surface area contributed by atoms with Crippen LogP contribution in [0.2, 0.25) is 0 Å². The number of Topliss-reactive ketones (excluding diaryl/α,β-unsaturated/α-hetero) is 1. The molecule has 7 heteroatoms. The lowest BCUT2D eigenvalue weighted by atomic mass is 10.2. The van der Waals surface area contributed by atoms with E-state index in [4.69, 9.17) is 4.74 Å². The summed E-state index contributed by atoms with van der Waals surface area (Å²) in [5.74, 6) is 1.88. The molecule has 3 rings (SSSR count). The van der Waals surface area contributed by atoms with Crippen molar-refractivity contribution in [3.05, 3.63) is 46.7 Å². The number of nitrogens with zero attached hydrogens (tertiary/aromatic N) is 2. The number of thiophene rings is 1. The highest BCUT2D eigenvalue weighted by Crippen LogP contribution is 2.25. The lowest BCUT2D eigenvalue weighted by Crippen LogP contribution is -2.33. The number of thioether (sulfide) groups is 1. The number of rotatable bonds is 5. The van der Waals surface area contributed by atoms with Crippen LogP contribution in [-0.2, 0) is 0 Å². The van der Waals surface area contributed by atoms with Gasteiger partial charge in [0.1, 0.15) is 5.75 Å². The van der Waals surface area contributed by atoms with Gasteiger partial charge in [-0.25, -0.2) is 0 Å². The molecule has 0 N–H and O–H groups in total. The molecule has 0 fully saturated rings. The summed E-state index contributed by atoms with van der Waals surface area (Å²) in [6, 6.07) is 11.5. The molecular weight excluding hydrogens is 396 g/mol. The number of hydrogen-bond acceptors (Lipinski definition) is 6. The molecule has 0 unspecified atom stereocenters. The van der Waals surface area contributed by atoms with Gasteiger partial charge < -0.3 is 9.64 Å². The molecule has 0 bridgehead atoms. The van der Waals surface area contributed by atoms with Crippen molar-refractivity contribution < 1.29 is 9.53 Å². The van der Waals surface area contributed by atoms with Crippen molar-refractivity contribution in [3.8, 4) is 5.75 Å². The highest BCUT2D eigenvalue weighted by atomic mass is 79.9. The summed E-state index contributed by atoms with van der Waals surface area (Å²) in [6.45, 7) is 1.11. The van der Waals surface area contributed by atoms with Crippen LogP contribution in [0.4, 0.5) is 5.69 Å². The first-order valence-corrected chi connectivity index (χ1v) is 8.80. The molecule has 122 valence electrons. The van der Waals surface area contributed by atoms with E-state index in [0.29, 0.717) is 6.54 Å². The molecule has 2 aromatic rings. The normalized spacial score (nSPS) is 13.2. The number of carbonyl (C=O) groups is 1. The van der Waals surface area contributed by atoms with Crippen LogP contribution in [0.5, 0.6) is 5.75 Å². The molecule has 0 aliphatic carbocycles. The van der Waals surface area contributed by atoms with Gasteiger partial charge in [-0.2, -0.15) is 0 Å². The van der Waals surface area contributed by atoms with Gasteiger partial charge in [0.25, 0.3) is 0 Å². The van der Waals surface area contributed by atoms with Gasteiger partial charge in [-0.1, -0.05) is 17.8 Å². The van der Waals surface area contributed by atoms with E-state index in [0.717, 1.165) is 33.8 Å². The Morgan fingerprint density at radius 2 is 2.09 bits per heavy atom. The number of carbonyl (C=O) groups excluding carboxylic acids is 1. The summed E-state index contributed by atoms with van der Waals surface area (Å²) in [7, 11) is 1.64. The molecule has 0 saturated heterocycles. The number of halogens is 1. The topological polar surface area (TPSA) is 41.9 Å². The summed E-state index contributed by atoms with van der Waals surface area (Å²) >= 11 is 3.16. The van der Waals surface area contributed by atoms with Crippen molar-refractivity contribution in [1.82, 2.24) is 0 Å². The van der Waals surface area contributed by atoms with Gasteiger partial charge >= 0.3 is 0 Å². The van der Waals surface area contributed by atoms with Gasteiger partial charge in [0, 0.05) is 11.4 Å². The molecule has 23 heavy (non-hydrogen) atoms. The number of methoxy groups -OCH3 is 1. The third kappa shape index (κ3) is 4.37. The second-order valence-electron chi connectivity index (χ2n) is 4.70. The first-order valence-electron chi connectivity index (χ1n) is 6.93. The second kappa shape index (κ2) is 8.52. The molecule has 1 aromatic heterocycles. The van der Waals surface area contributed by atoms with Crippen molar-refractivity contribution in [2.45, 2.75) is 0 Å². The maximum absolute atomic E-state index is 12.4. The molecule has 1 aliphatic rings. The van der Waals surface area contributed by atoms with Crippen LogP contribution < -0.4 is 9.64 Å². The Kier molecular flexibility index (Phi) is 6.68. The molecule has 0 radical (unpaired) electrons. The van der Waals surface area contributed by atoms with Crippen molar-refractivity contribution in [1.29, 1.82) is 0 Å². The maximum Gasteiger partial charge on any atom is 0.192 e. The minimum atomic E-state index is 0. The van der Waals surface area contributed by atoms with Crippen molar-refractivity contribution in [3.63, 3.8) is 0 Å². The third-order valence-corrected chi connectivity index (χ3v) is 5.19.